The van der Waals surface area contributed by atoms with Crippen LogP contribution in [0.3, 0.4) is 0 Å². The Morgan fingerprint density at radius 2 is 1.93 bits per heavy atom. The fourth-order valence-electron chi connectivity index (χ4n) is 4.02. The van der Waals surface area contributed by atoms with Gasteiger partial charge in [-0.15, -0.1) is 0 Å². The minimum atomic E-state index is -1.03. The summed E-state index contributed by atoms with van der Waals surface area (Å²) >= 11 is 6.11. The van der Waals surface area contributed by atoms with Crippen LogP contribution in [0.15, 0.2) is 60.7 Å². The molecule has 0 saturated heterocycles. The number of nitrogens with zero attached hydrogens (tertiary/aromatic N) is 1. The van der Waals surface area contributed by atoms with Crippen LogP contribution in [0.25, 0.3) is 0 Å². The summed E-state index contributed by atoms with van der Waals surface area (Å²) in [6.45, 7) is 2.61. The third kappa shape index (κ3) is 2.98. The van der Waals surface area contributed by atoms with E-state index in [4.69, 9.17) is 16.3 Å². The Morgan fingerprint density at radius 3 is 2.59 bits per heavy atom. The highest BCUT2D eigenvalue weighted by Gasteiger charge is 2.53. The highest BCUT2D eigenvalue weighted by Crippen LogP contribution is 2.47. The first kappa shape index (κ1) is 18.2. The summed E-state index contributed by atoms with van der Waals surface area (Å²) in [5.74, 6) is -0.0371. The van der Waals surface area contributed by atoms with Crippen LogP contribution >= 0.6 is 11.6 Å². The van der Waals surface area contributed by atoms with Gasteiger partial charge >= 0.3 is 0 Å². The van der Waals surface area contributed by atoms with Gasteiger partial charge in [-0.25, -0.2) is 0 Å². The molecule has 2 aromatic carbocycles. The van der Waals surface area contributed by atoms with E-state index in [-0.39, 0.29) is 12.0 Å². The molecule has 27 heavy (non-hydrogen) atoms. The number of ether oxygens (including phenoxy) is 1. The Kier molecular flexibility index (Phi) is 4.81. The fraction of sp³-hybridized carbons (Fsp3) is 0.318. The van der Waals surface area contributed by atoms with E-state index in [0.717, 1.165) is 17.5 Å². The first-order valence-electron chi connectivity index (χ1n) is 9.28. The third-order valence-electron chi connectivity index (χ3n) is 5.17. The summed E-state index contributed by atoms with van der Waals surface area (Å²) in [4.78, 5) is 15.0. The zero-order valence-corrected chi connectivity index (χ0v) is 15.9. The molecule has 1 N–H and O–H groups in total. The van der Waals surface area contributed by atoms with Crippen molar-refractivity contribution in [1.29, 1.82) is 0 Å². The number of hydrogen-bond donors (Lipinski definition) is 1. The van der Waals surface area contributed by atoms with Crippen LogP contribution in [0.5, 0.6) is 0 Å². The van der Waals surface area contributed by atoms with E-state index in [1.165, 1.54) is 0 Å². The van der Waals surface area contributed by atoms with E-state index < -0.39 is 11.8 Å². The molecular weight excluding hydrogens is 362 g/mol. The van der Waals surface area contributed by atoms with Crippen molar-refractivity contribution in [3.63, 3.8) is 0 Å². The van der Waals surface area contributed by atoms with Crippen LogP contribution in [0.1, 0.15) is 41.3 Å². The second-order valence-electron chi connectivity index (χ2n) is 7.00. The molecule has 2 aliphatic rings. The number of aliphatic hydroxyl groups is 1. The van der Waals surface area contributed by atoms with Gasteiger partial charge in [-0.2, -0.15) is 0 Å². The highest BCUT2D eigenvalue weighted by molar-refractivity contribution is 6.30. The number of aliphatic hydroxyl groups excluding tert-OH is 1. The van der Waals surface area contributed by atoms with Crippen molar-refractivity contribution in [3.05, 3.63) is 82.4 Å². The highest BCUT2D eigenvalue weighted by atomic mass is 35.5. The van der Waals surface area contributed by atoms with Crippen molar-refractivity contribution >= 4 is 17.5 Å². The van der Waals surface area contributed by atoms with Crippen molar-refractivity contribution in [2.45, 2.75) is 37.7 Å². The van der Waals surface area contributed by atoms with Gasteiger partial charge in [0.05, 0.1) is 12.2 Å². The number of benzene rings is 2. The van der Waals surface area contributed by atoms with E-state index in [0.29, 0.717) is 23.6 Å². The van der Waals surface area contributed by atoms with E-state index in [9.17, 15) is 9.90 Å². The molecule has 3 atom stereocenters. The van der Waals surface area contributed by atoms with Gasteiger partial charge in [-0.05, 0) is 24.6 Å². The summed E-state index contributed by atoms with van der Waals surface area (Å²) in [5.41, 5.74) is 1.31. The maximum Gasteiger partial charge on any atom is 0.257 e. The summed E-state index contributed by atoms with van der Waals surface area (Å²) < 4.78 is 6.63. The Bertz CT molecular complexity index is 879. The Hall–Kier alpha value is -2.14. The van der Waals surface area contributed by atoms with E-state index in [1.807, 2.05) is 61.5 Å². The van der Waals surface area contributed by atoms with E-state index >= 15 is 0 Å². The number of rotatable bonds is 5. The van der Waals surface area contributed by atoms with Crippen LogP contribution in [-0.2, 0) is 10.5 Å². The predicted octanol–water partition coefficient (Wildman–Crippen LogP) is 4.11. The lowest BCUT2D eigenvalue weighted by Crippen LogP contribution is -2.49. The second kappa shape index (κ2) is 7.12. The minimum absolute atomic E-state index is 0.0371. The number of hydrogen-bond acceptors (Lipinski definition) is 3. The summed E-state index contributed by atoms with van der Waals surface area (Å²) in [6, 6.07) is 15.1. The average Bonchev–Trinajstić information content (AvgIpc) is 3.18. The summed E-state index contributed by atoms with van der Waals surface area (Å²) in [6.07, 6.45) is 4.09. The number of amides is 1. The SMILES string of the molecule is CCCN1C(=O)c2ccccc2C1(OC1C=C[C@@H](O)C1)c1ccc(Cl)cc1. The van der Waals surface area contributed by atoms with E-state index in [2.05, 4.69) is 0 Å². The number of carbonyl (C=O) groups is 1. The normalized spacial score (nSPS) is 26.6. The molecule has 4 nitrogen and oxygen atoms in total. The molecule has 0 spiro atoms. The van der Waals surface area contributed by atoms with Gasteiger partial charge < -0.3 is 14.7 Å². The molecule has 1 amide bonds. The van der Waals surface area contributed by atoms with Crippen molar-refractivity contribution in [2.24, 2.45) is 0 Å². The zero-order valence-electron chi connectivity index (χ0n) is 15.1. The number of fused-ring (bicyclic) bond motifs is 1. The van der Waals surface area contributed by atoms with Gasteiger partial charge in [0.15, 0.2) is 5.72 Å². The van der Waals surface area contributed by atoms with Crippen molar-refractivity contribution < 1.29 is 14.6 Å². The van der Waals surface area contributed by atoms with Gasteiger partial charge in [0.1, 0.15) is 0 Å². The molecule has 0 aromatic heterocycles. The Morgan fingerprint density at radius 1 is 1.19 bits per heavy atom. The quantitative estimate of drug-likeness (QED) is 0.790. The Labute approximate surface area is 164 Å². The van der Waals surface area contributed by atoms with Gasteiger partial charge in [-0.1, -0.05) is 61.0 Å². The molecule has 0 bridgehead atoms. The molecule has 0 fully saturated rings. The zero-order chi connectivity index (χ0) is 19.0. The molecule has 5 heteroatoms. The van der Waals surface area contributed by atoms with Crippen LogP contribution in [0.4, 0.5) is 0 Å². The third-order valence-corrected chi connectivity index (χ3v) is 5.43. The molecule has 0 saturated carbocycles. The van der Waals surface area contributed by atoms with Gasteiger partial charge in [0, 0.05) is 34.7 Å². The minimum Gasteiger partial charge on any atom is -0.389 e. The molecule has 0 radical (unpaired) electrons. The number of carbonyl (C=O) groups excluding carboxylic acids is 1. The molecule has 1 aliphatic carbocycles. The summed E-state index contributed by atoms with van der Waals surface area (Å²) in [7, 11) is 0. The summed E-state index contributed by atoms with van der Waals surface area (Å²) in [5, 5.41) is 10.5. The van der Waals surface area contributed by atoms with Crippen molar-refractivity contribution in [3.8, 4) is 0 Å². The molecule has 2 aromatic rings. The van der Waals surface area contributed by atoms with Crippen molar-refractivity contribution in [2.75, 3.05) is 6.54 Å². The van der Waals surface area contributed by atoms with Crippen LogP contribution in [0.2, 0.25) is 5.02 Å². The monoisotopic (exact) mass is 383 g/mol. The standard InChI is InChI=1S/C22H22ClNO3/c1-2-13-24-21(26)19-5-3-4-6-20(19)22(24,15-7-9-16(23)10-8-15)27-18-12-11-17(25)14-18/h3-12,17-18,25H,2,13-14H2,1H3/t17-,18?,22?/m1/s1. The second-order valence-corrected chi connectivity index (χ2v) is 7.43. The van der Waals surface area contributed by atoms with Gasteiger partial charge in [-0.3, -0.25) is 4.79 Å². The van der Waals surface area contributed by atoms with Gasteiger partial charge in [0.2, 0.25) is 0 Å². The topological polar surface area (TPSA) is 49.8 Å². The maximum absolute atomic E-state index is 13.2. The molecule has 1 aliphatic heterocycles. The lowest BCUT2D eigenvalue weighted by molar-refractivity contribution is -0.133. The van der Waals surface area contributed by atoms with Crippen LogP contribution in [0, 0.1) is 0 Å². The molecule has 2 unspecified atom stereocenters. The largest absolute Gasteiger partial charge is 0.389 e. The van der Waals surface area contributed by atoms with Crippen molar-refractivity contribution in [1.82, 2.24) is 4.90 Å². The lowest BCUT2D eigenvalue weighted by Gasteiger charge is -2.41. The van der Waals surface area contributed by atoms with E-state index in [1.54, 1.807) is 11.0 Å². The fourth-order valence-corrected chi connectivity index (χ4v) is 4.14. The maximum atomic E-state index is 13.2. The van der Waals surface area contributed by atoms with Gasteiger partial charge in [0.25, 0.3) is 5.91 Å². The first-order valence-corrected chi connectivity index (χ1v) is 9.65. The Balaban J connectivity index is 1.91. The van der Waals surface area contributed by atoms with Crippen LogP contribution < -0.4 is 0 Å². The first-order chi connectivity index (χ1) is 13.1. The molecule has 4 rings (SSSR count). The number of halogens is 1. The molecular formula is C22H22ClNO3. The van der Waals surface area contributed by atoms with Crippen LogP contribution in [-0.4, -0.2) is 34.7 Å². The molecule has 1 heterocycles. The smallest absolute Gasteiger partial charge is 0.257 e. The lowest BCUT2D eigenvalue weighted by atomic mass is 9.93. The molecule has 140 valence electrons. The average molecular weight is 384 g/mol. The predicted molar refractivity (Wildman–Crippen MR) is 105 cm³/mol.